The van der Waals surface area contributed by atoms with Gasteiger partial charge in [-0.15, -0.1) is 0 Å². The Kier molecular flexibility index (Phi) is 3.32. The SMILES string of the molecule is CC1=NN(C(=O)Cn2cc(C)cn2)[C@@](O)(C(F)(F)F)C1. The summed E-state index contributed by atoms with van der Waals surface area (Å²) in [7, 11) is 0. The highest BCUT2D eigenvalue weighted by molar-refractivity contribution is 5.89. The lowest BCUT2D eigenvalue weighted by Crippen LogP contribution is -2.57. The number of hydrogen-bond donors (Lipinski definition) is 1. The van der Waals surface area contributed by atoms with E-state index < -0.39 is 30.8 Å². The summed E-state index contributed by atoms with van der Waals surface area (Å²) in [6, 6.07) is 0. The normalized spacial score (nSPS) is 23.1. The smallest absolute Gasteiger partial charge is 0.362 e. The summed E-state index contributed by atoms with van der Waals surface area (Å²) in [6.07, 6.45) is -2.75. The van der Waals surface area contributed by atoms with Crippen LogP contribution in [0.4, 0.5) is 13.2 Å². The number of aliphatic hydroxyl groups is 1. The molecule has 0 spiro atoms. The van der Waals surface area contributed by atoms with Crippen molar-refractivity contribution in [2.24, 2.45) is 5.10 Å². The van der Waals surface area contributed by atoms with Crippen LogP contribution < -0.4 is 0 Å². The summed E-state index contributed by atoms with van der Waals surface area (Å²) in [6.45, 7) is 2.63. The van der Waals surface area contributed by atoms with E-state index in [9.17, 15) is 23.1 Å². The first kappa shape index (κ1) is 14.5. The minimum atomic E-state index is -4.98. The number of rotatable bonds is 2. The zero-order chi connectivity index (χ0) is 15.1. The van der Waals surface area contributed by atoms with Gasteiger partial charge >= 0.3 is 6.18 Å². The number of carbonyl (C=O) groups excluding carboxylic acids is 1. The second kappa shape index (κ2) is 4.58. The van der Waals surface area contributed by atoms with E-state index in [1.54, 1.807) is 6.92 Å². The average Bonchev–Trinajstić information content (AvgIpc) is 2.82. The van der Waals surface area contributed by atoms with Gasteiger partial charge in [-0.3, -0.25) is 9.48 Å². The highest BCUT2D eigenvalue weighted by Crippen LogP contribution is 2.40. The molecule has 20 heavy (non-hydrogen) atoms. The Balaban J connectivity index is 2.23. The molecule has 2 heterocycles. The van der Waals surface area contributed by atoms with Crippen LogP contribution in [0.25, 0.3) is 0 Å². The summed E-state index contributed by atoms with van der Waals surface area (Å²) in [5.74, 6) is -0.982. The summed E-state index contributed by atoms with van der Waals surface area (Å²) < 4.78 is 40.0. The van der Waals surface area contributed by atoms with Crippen LogP contribution in [0.15, 0.2) is 17.5 Å². The second-order valence-corrected chi connectivity index (χ2v) is 4.75. The van der Waals surface area contributed by atoms with Crippen LogP contribution >= 0.6 is 0 Å². The van der Waals surface area contributed by atoms with Crippen LogP contribution in [0, 0.1) is 6.92 Å². The molecule has 1 N–H and O–H groups in total. The fourth-order valence-electron chi connectivity index (χ4n) is 1.96. The lowest BCUT2D eigenvalue weighted by molar-refractivity contribution is -0.302. The first-order valence-corrected chi connectivity index (χ1v) is 5.79. The van der Waals surface area contributed by atoms with Gasteiger partial charge in [-0.2, -0.15) is 28.4 Å². The zero-order valence-corrected chi connectivity index (χ0v) is 10.8. The third-order valence-electron chi connectivity index (χ3n) is 2.87. The number of nitrogens with zero attached hydrogens (tertiary/aromatic N) is 4. The number of hydrazone groups is 1. The molecular weight excluding hydrogens is 277 g/mol. The monoisotopic (exact) mass is 290 g/mol. The minimum Gasteiger partial charge on any atom is -0.362 e. The molecule has 1 amide bonds. The first-order chi connectivity index (χ1) is 9.13. The predicted octanol–water partition coefficient (Wildman–Crippen LogP) is 1.05. The quantitative estimate of drug-likeness (QED) is 0.885. The van der Waals surface area contributed by atoms with Crippen molar-refractivity contribution in [1.29, 1.82) is 0 Å². The highest BCUT2D eigenvalue weighted by atomic mass is 19.4. The van der Waals surface area contributed by atoms with Crippen LogP contribution in [0.2, 0.25) is 0 Å². The molecular formula is C11H13F3N4O2. The van der Waals surface area contributed by atoms with Gasteiger partial charge in [0.2, 0.25) is 0 Å². The molecule has 1 aromatic rings. The van der Waals surface area contributed by atoms with Gasteiger partial charge in [0.1, 0.15) is 6.54 Å². The fourth-order valence-corrected chi connectivity index (χ4v) is 1.96. The lowest BCUT2D eigenvalue weighted by Gasteiger charge is -2.32. The van der Waals surface area contributed by atoms with Gasteiger partial charge in [0.15, 0.2) is 0 Å². The minimum absolute atomic E-state index is 0.0369. The topological polar surface area (TPSA) is 70.7 Å². The molecule has 0 unspecified atom stereocenters. The maximum absolute atomic E-state index is 12.9. The molecule has 9 heteroatoms. The summed E-state index contributed by atoms with van der Waals surface area (Å²) in [4.78, 5) is 11.9. The molecule has 2 rings (SSSR count). The summed E-state index contributed by atoms with van der Waals surface area (Å²) in [5, 5.41) is 17.2. The van der Waals surface area contributed by atoms with E-state index in [1.165, 1.54) is 24.0 Å². The Hall–Kier alpha value is -1.90. The third-order valence-corrected chi connectivity index (χ3v) is 2.87. The van der Waals surface area contributed by atoms with Crippen molar-refractivity contribution < 1.29 is 23.1 Å². The molecule has 1 aliphatic rings. The number of amides is 1. The maximum atomic E-state index is 12.9. The molecule has 1 atom stereocenters. The van der Waals surface area contributed by atoms with E-state index >= 15 is 0 Å². The van der Waals surface area contributed by atoms with Crippen LogP contribution in [0.1, 0.15) is 18.9 Å². The summed E-state index contributed by atoms with van der Waals surface area (Å²) in [5.41, 5.74) is -2.48. The van der Waals surface area contributed by atoms with E-state index in [2.05, 4.69) is 10.2 Å². The Bertz CT molecular complexity index is 566. The largest absolute Gasteiger partial charge is 0.438 e. The van der Waals surface area contributed by atoms with E-state index in [0.717, 1.165) is 5.56 Å². The van der Waals surface area contributed by atoms with Crippen LogP contribution in [0.3, 0.4) is 0 Å². The molecule has 0 aliphatic carbocycles. The van der Waals surface area contributed by atoms with E-state index in [4.69, 9.17) is 0 Å². The summed E-state index contributed by atoms with van der Waals surface area (Å²) >= 11 is 0. The standard InChI is InChI=1S/C11H13F3N4O2/c1-7-4-15-17(5-7)6-9(19)18-10(20,11(12,13)14)3-8(2)16-18/h4-5,20H,3,6H2,1-2H3/t10-/m0/s1. The van der Waals surface area contributed by atoms with Crippen molar-refractivity contribution in [1.82, 2.24) is 14.8 Å². The number of halogens is 3. The fraction of sp³-hybridized carbons (Fsp3) is 0.545. The Labute approximate surface area is 112 Å². The van der Waals surface area contributed by atoms with E-state index in [-0.39, 0.29) is 10.7 Å². The van der Waals surface area contributed by atoms with Crippen molar-refractivity contribution in [3.8, 4) is 0 Å². The maximum Gasteiger partial charge on any atom is 0.438 e. The van der Waals surface area contributed by atoms with E-state index in [0.29, 0.717) is 0 Å². The lowest BCUT2D eigenvalue weighted by atomic mass is 10.1. The van der Waals surface area contributed by atoms with Gasteiger partial charge in [0.25, 0.3) is 11.6 Å². The van der Waals surface area contributed by atoms with Crippen LogP contribution in [0.5, 0.6) is 0 Å². The average molecular weight is 290 g/mol. The first-order valence-electron chi connectivity index (χ1n) is 5.79. The van der Waals surface area contributed by atoms with E-state index in [1.807, 2.05) is 0 Å². The van der Waals surface area contributed by atoms with Gasteiger partial charge < -0.3 is 5.11 Å². The molecule has 1 aliphatic heterocycles. The third kappa shape index (κ3) is 2.40. The van der Waals surface area contributed by atoms with Crippen molar-refractivity contribution in [2.45, 2.75) is 38.7 Å². The number of hydrogen-bond acceptors (Lipinski definition) is 4. The molecule has 0 saturated heterocycles. The Morgan fingerprint density at radius 3 is 2.65 bits per heavy atom. The number of carbonyl (C=O) groups is 1. The zero-order valence-electron chi connectivity index (χ0n) is 10.8. The van der Waals surface area contributed by atoms with Crippen molar-refractivity contribution >= 4 is 11.6 Å². The molecule has 0 bridgehead atoms. The predicted molar refractivity (Wildman–Crippen MR) is 62.5 cm³/mol. The molecule has 0 fully saturated rings. The molecule has 0 radical (unpaired) electrons. The van der Waals surface area contributed by atoms with Crippen molar-refractivity contribution in [3.05, 3.63) is 18.0 Å². The molecule has 0 saturated carbocycles. The van der Waals surface area contributed by atoms with Gasteiger partial charge in [0.05, 0.1) is 6.20 Å². The van der Waals surface area contributed by atoms with Crippen LogP contribution in [-0.4, -0.2) is 43.4 Å². The van der Waals surface area contributed by atoms with Crippen LogP contribution in [-0.2, 0) is 11.3 Å². The van der Waals surface area contributed by atoms with Crippen molar-refractivity contribution in [2.75, 3.05) is 0 Å². The molecule has 1 aromatic heterocycles. The Morgan fingerprint density at radius 2 is 2.15 bits per heavy atom. The molecule has 6 nitrogen and oxygen atoms in total. The van der Waals surface area contributed by atoms with Crippen molar-refractivity contribution in [3.63, 3.8) is 0 Å². The highest BCUT2D eigenvalue weighted by Gasteiger charge is 2.62. The van der Waals surface area contributed by atoms with Gasteiger partial charge in [-0.25, -0.2) is 0 Å². The van der Waals surface area contributed by atoms with Gasteiger partial charge in [0, 0.05) is 18.3 Å². The second-order valence-electron chi connectivity index (χ2n) is 4.75. The number of aromatic nitrogens is 2. The van der Waals surface area contributed by atoms with Gasteiger partial charge in [-0.05, 0) is 19.4 Å². The van der Waals surface area contributed by atoms with Gasteiger partial charge in [-0.1, -0.05) is 0 Å². The Morgan fingerprint density at radius 1 is 1.50 bits per heavy atom. The number of alkyl halides is 3. The molecule has 110 valence electrons. The number of aryl methyl sites for hydroxylation is 1. The molecule has 0 aromatic carbocycles.